The van der Waals surface area contributed by atoms with Crippen LogP contribution >= 0.6 is 15.9 Å². The van der Waals surface area contributed by atoms with Crippen LogP contribution in [0.5, 0.6) is 0 Å². The van der Waals surface area contributed by atoms with Crippen LogP contribution in [0.3, 0.4) is 0 Å². The average molecular weight is 495 g/mol. The van der Waals surface area contributed by atoms with E-state index in [1.54, 1.807) is 0 Å². The molecule has 0 bridgehead atoms. The number of hydrogen-bond donors (Lipinski definition) is 1. The van der Waals surface area contributed by atoms with Crippen molar-refractivity contribution in [3.63, 3.8) is 0 Å². The highest BCUT2D eigenvalue weighted by molar-refractivity contribution is 9.10. The first-order chi connectivity index (χ1) is 14.0. The third-order valence-electron chi connectivity index (χ3n) is 4.43. The fourth-order valence-corrected chi connectivity index (χ4v) is 3.30. The quantitative estimate of drug-likeness (QED) is 0.649. The van der Waals surface area contributed by atoms with Crippen molar-refractivity contribution in [1.29, 1.82) is 0 Å². The number of alkyl halides is 3. The molecule has 1 aromatic carbocycles. The van der Waals surface area contributed by atoms with Crippen LogP contribution in [0, 0.1) is 5.82 Å². The Morgan fingerprint density at radius 3 is 2.40 bits per heavy atom. The molecule has 2 amide bonds. The first-order valence-electron chi connectivity index (χ1n) is 8.54. The zero-order valence-electron chi connectivity index (χ0n) is 15.4. The van der Waals surface area contributed by atoms with Gasteiger partial charge < -0.3 is 15.0 Å². The number of ether oxygens (including phenoxy) is 1. The fraction of sp³-hybridized carbons (Fsp3) is 0.353. The van der Waals surface area contributed by atoms with Crippen molar-refractivity contribution in [3.8, 4) is 5.69 Å². The molecule has 1 fully saturated rings. The van der Waals surface area contributed by atoms with Gasteiger partial charge in [-0.3, -0.25) is 9.36 Å². The third-order valence-corrected chi connectivity index (χ3v) is 5.08. The number of nitrogens with one attached hydrogen (secondary N) is 1. The highest BCUT2D eigenvalue weighted by Gasteiger charge is 2.35. The Kier molecular flexibility index (Phi) is 6.04. The smallest absolute Gasteiger partial charge is 0.378 e. The summed E-state index contributed by atoms with van der Waals surface area (Å²) in [6.07, 6.45) is -4.94. The first-order valence-corrected chi connectivity index (χ1v) is 9.33. The van der Waals surface area contributed by atoms with Gasteiger partial charge in [-0.25, -0.2) is 18.5 Å². The highest BCUT2D eigenvalue weighted by atomic mass is 79.9. The Bertz CT molecular complexity index is 1110. The maximum Gasteiger partial charge on any atom is 0.431 e. The van der Waals surface area contributed by atoms with Gasteiger partial charge in [0.25, 0.3) is 5.56 Å². The fourth-order valence-electron chi connectivity index (χ4n) is 2.88. The Labute approximate surface area is 174 Å². The molecule has 0 atom stereocenters. The van der Waals surface area contributed by atoms with Crippen molar-refractivity contribution in [2.75, 3.05) is 31.6 Å². The lowest BCUT2D eigenvalue weighted by Crippen LogP contribution is -2.43. The number of carbonyl (C=O) groups excluding carboxylic acids is 1. The molecule has 162 valence electrons. The molecule has 2 aromatic rings. The summed E-state index contributed by atoms with van der Waals surface area (Å²) < 4.78 is 59.3. The molecular formula is C17H15BrF4N4O4. The topological polar surface area (TPSA) is 85.6 Å². The van der Waals surface area contributed by atoms with Gasteiger partial charge in [0.2, 0.25) is 0 Å². The predicted molar refractivity (Wildman–Crippen MR) is 101 cm³/mol. The van der Waals surface area contributed by atoms with E-state index in [2.05, 4.69) is 21.2 Å². The summed E-state index contributed by atoms with van der Waals surface area (Å²) in [5.74, 6) is -1.05. The summed E-state index contributed by atoms with van der Waals surface area (Å²) in [6, 6.07) is 1.57. The third kappa shape index (κ3) is 4.26. The number of benzene rings is 1. The summed E-state index contributed by atoms with van der Waals surface area (Å²) in [5, 5.41) is 2.52. The second-order valence-corrected chi connectivity index (χ2v) is 7.21. The number of hydrogen-bond acceptors (Lipinski definition) is 4. The SMILES string of the molecule is Cn1c(C(F)(F)F)cc(=O)n(-c2cc(NC(=O)N3CCOCC3)c(Br)cc2F)c1=O. The summed E-state index contributed by atoms with van der Waals surface area (Å²) in [5.41, 5.74) is -4.79. The van der Waals surface area contributed by atoms with E-state index in [9.17, 15) is 31.9 Å². The van der Waals surface area contributed by atoms with E-state index < -0.39 is 40.7 Å². The van der Waals surface area contributed by atoms with Gasteiger partial charge in [-0.1, -0.05) is 0 Å². The van der Waals surface area contributed by atoms with E-state index in [0.29, 0.717) is 26.3 Å². The first kappa shape index (κ1) is 22.0. The van der Waals surface area contributed by atoms with Gasteiger partial charge in [0, 0.05) is 30.7 Å². The molecule has 0 aliphatic carbocycles. The average Bonchev–Trinajstić information content (AvgIpc) is 2.67. The van der Waals surface area contributed by atoms with Crippen molar-refractivity contribution >= 4 is 27.6 Å². The second-order valence-electron chi connectivity index (χ2n) is 6.36. The van der Waals surface area contributed by atoms with Crippen molar-refractivity contribution in [1.82, 2.24) is 14.0 Å². The minimum atomic E-state index is -4.94. The van der Waals surface area contributed by atoms with Crippen molar-refractivity contribution < 1.29 is 27.1 Å². The van der Waals surface area contributed by atoms with Crippen molar-refractivity contribution in [2.24, 2.45) is 7.05 Å². The van der Waals surface area contributed by atoms with Crippen LogP contribution in [0.4, 0.5) is 28.0 Å². The number of aromatic nitrogens is 2. The van der Waals surface area contributed by atoms with Crippen molar-refractivity contribution in [2.45, 2.75) is 6.18 Å². The number of urea groups is 1. The molecule has 0 spiro atoms. The van der Waals surface area contributed by atoms with E-state index in [-0.39, 0.29) is 25.4 Å². The van der Waals surface area contributed by atoms with E-state index in [4.69, 9.17) is 4.74 Å². The monoisotopic (exact) mass is 494 g/mol. The van der Waals surface area contributed by atoms with Crippen molar-refractivity contribution in [3.05, 3.63) is 55.0 Å². The molecule has 0 saturated carbocycles. The van der Waals surface area contributed by atoms with Gasteiger partial charge in [0.15, 0.2) is 0 Å². The van der Waals surface area contributed by atoms with Crippen LogP contribution in [0.25, 0.3) is 5.69 Å². The molecule has 1 N–H and O–H groups in total. The molecule has 1 aliphatic rings. The minimum Gasteiger partial charge on any atom is -0.378 e. The Balaban J connectivity index is 2.06. The molecule has 0 radical (unpaired) electrons. The number of halogens is 5. The van der Waals surface area contributed by atoms with Gasteiger partial charge in [0.05, 0.1) is 24.6 Å². The second kappa shape index (κ2) is 8.22. The molecule has 1 aromatic heterocycles. The Hall–Kier alpha value is -2.67. The van der Waals surface area contributed by atoms with E-state index in [0.717, 1.165) is 19.2 Å². The molecule has 0 unspecified atom stereocenters. The van der Waals surface area contributed by atoms with Gasteiger partial charge in [0.1, 0.15) is 11.5 Å². The standard InChI is InChI=1S/C17H15BrF4N4O4/c1-24-13(17(20,21)22)8-14(27)26(16(24)29)12-7-11(9(18)6-10(12)19)23-15(28)25-2-4-30-5-3-25/h6-8H,2-5H2,1H3,(H,23,28). The normalized spacial score (nSPS) is 14.7. The molecule has 8 nitrogen and oxygen atoms in total. The zero-order valence-corrected chi connectivity index (χ0v) is 17.0. The lowest BCUT2D eigenvalue weighted by atomic mass is 10.2. The molecular weight excluding hydrogens is 480 g/mol. The maximum absolute atomic E-state index is 14.5. The largest absolute Gasteiger partial charge is 0.431 e. The summed E-state index contributed by atoms with van der Waals surface area (Å²) in [7, 11) is 0.818. The van der Waals surface area contributed by atoms with Crippen LogP contribution < -0.4 is 16.6 Å². The number of morpholine rings is 1. The maximum atomic E-state index is 14.5. The molecule has 2 heterocycles. The Morgan fingerprint density at radius 2 is 1.80 bits per heavy atom. The number of carbonyl (C=O) groups is 1. The van der Waals surface area contributed by atoms with Gasteiger partial charge >= 0.3 is 17.9 Å². The summed E-state index contributed by atoms with van der Waals surface area (Å²) >= 11 is 3.08. The van der Waals surface area contributed by atoms with E-state index >= 15 is 0 Å². The van der Waals surface area contributed by atoms with Gasteiger partial charge in [-0.05, 0) is 28.1 Å². The van der Waals surface area contributed by atoms with E-state index in [1.807, 2.05) is 0 Å². The van der Waals surface area contributed by atoms with Crippen LogP contribution in [0.15, 0.2) is 32.3 Å². The number of anilines is 1. The van der Waals surface area contributed by atoms with Crippen LogP contribution in [0.2, 0.25) is 0 Å². The zero-order chi connectivity index (χ0) is 22.2. The molecule has 1 aliphatic heterocycles. The van der Waals surface area contributed by atoms with Gasteiger partial charge in [-0.2, -0.15) is 13.2 Å². The molecule has 1 saturated heterocycles. The number of rotatable bonds is 2. The van der Waals surface area contributed by atoms with Gasteiger partial charge in [-0.15, -0.1) is 0 Å². The highest BCUT2D eigenvalue weighted by Crippen LogP contribution is 2.29. The van der Waals surface area contributed by atoms with Crippen LogP contribution in [-0.2, 0) is 18.0 Å². The molecule has 3 rings (SSSR count). The lowest BCUT2D eigenvalue weighted by molar-refractivity contribution is -0.144. The molecule has 30 heavy (non-hydrogen) atoms. The molecule has 13 heteroatoms. The number of amides is 2. The summed E-state index contributed by atoms with van der Waals surface area (Å²) in [6.45, 7) is 1.35. The van der Waals surface area contributed by atoms with E-state index in [1.165, 1.54) is 4.90 Å². The lowest BCUT2D eigenvalue weighted by Gasteiger charge is -2.27. The minimum absolute atomic E-state index is 0.0248. The Morgan fingerprint density at radius 1 is 1.17 bits per heavy atom. The van der Waals surface area contributed by atoms with Crippen LogP contribution in [0.1, 0.15) is 5.69 Å². The predicted octanol–water partition coefficient (Wildman–Crippen LogP) is 2.32. The number of nitrogens with zero attached hydrogens (tertiary/aromatic N) is 3. The van der Waals surface area contributed by atoms with Crippen LogP contribution in [-0.4, -0.2) is 46.4 Å². The summed E-state index contributed by atoms with van der Waals surface area (Å²) in [4.78, 5) is 38.5.